The monoisotopic (exact) mass is 237 g/mol. The van der Waals surface area contributed by atoms with Crippen LogP contribution in [0.2, 0.25) is 0 Å². The summed E-state index contributed by atoms with van der Waals surface area (Å²) in [6, 6.07) is 6.98. The second-order valence-corrected chi connectivity index (χ2v) is 3.70. The Bertz CT molecular complexity index is 399. The van der Waals surface area contributed by atoms with Crippen LogP contribution in [0.1, 0.15) is 12.5 Å². The fourth-order valence-electron chi connectivity index (χ4n) is 1.22. The number of nitrogens with zero attached hydrogens (tertiary/aromatic N) is 1. The van der Waals surface area contributed by atoms with Crippen LogP contribution in [-0.4, -0.2) is 35.5 Å². The summed E-state index contributed by atoms with van der Waals surface area (Å²) in [5.41, 5.74) is 0.963. The van der Waals surface area contributed by atoms with E-state index in [4.69, 9.17) is 9.84 Å². The maximum absolute atomic E-state index is 11.0. The molecule has 0 heterocycles. The number of carboxylic acid groups (broad SMARTS) is 1. The van der Waals surface area contributed by atoms with Crippen LogP contribution in [0.3, 0.4) is 0 Å². The van der Waals surface area contributed by atoms with Gasteiger partial charge in [0.1, 0.15) is 5.75 Å². The van der Waals surface area contributed by atoms with E-state index in [1.165, 1.54) is 6.92 Å². The van der Waals surface area contributed by atoms with Crippen LogP contribution in [0, 0.1) is 0 Å². The average Bonchev–Trinajstić information content (AvgIpc) is 2.28. The molecule has 0 bridgehead atoms. The predicted molar refractivity (Wildman–Crippen MR) is 61.7 cm³/mol. The molecule has 17 heavy (non-hydrogen) atoms. The van der Waals surface area contributed by atoms with Crippen molar-refractivity contribution >= 4 is 11.9 Å². The van der Waals surface area contributed by atoms with E-state index in [2.05, 4.69) is 0 Å². The van der Waals surface area contributed by atoms with Gasteiger partial charge >= 0.3 is 5.97 Å². The van der Waals surface area contributed by atoms with E-state index in [0.29, 0.717) is 12.3 Å². The smallest absolute Gasteiger partial charge is 0.341 e. The molecule has 1 rings (SSSR count). The van der Waals surface area contributed by atoms with Crippen molar-refractivity contribution in [1.29, 1.82) is 0 Å². The van der Waals surface area contributed by atoms with Crippen LogP contribution in [0.25, 0.3) is 0 Å². The summed E-state index contributed by atoms with van der Waals surface area (Å²) in [5.74, 6) is -0.511. The molecular formula is C12H15NO4. The fourth-order valence-corrected chi connectivity index (χ4v) is 1.22. The highest BCUT2D eigenvalue weighted by Gasteiger charge is 2.04. The number of amides is 1. The average molecular weight is 237 g/mol. The van der Waals surface area contributed by atoms with Crippen molar-refractivity contribution in [2.45, 2.75) is 13.5 Å². The van der Waals surface area contributed by atoms with Crippen molar-refractivity contribution in [3.8, 4) is 5.75 Å². The molecule has 0 spiro atoms. The molecule has 0 aliphatic rings. The molecule has 0 aliphatic heterocycles. The topological polar surface area (TPSA) is 66.8 Å². The molecular weight excluding hydrogens is 222 g/mol. The number of benzene rings is 1. The third-order valence-corrected chi connectivity index (χ3v) is 2.24. The van der Waals surface area contributed by atoms with Crippen molar-refractivity contribution in [2.75, 3.05) is 13.7 Å². The van der Waals surface area contributed by atoms with Crippen LogP contribution in [-0.2, 0) is 16.1 Å². The zero-order chi connectivity index (χ0) is 12.8. The predicted octanol–water partition coefficient (Wildman–Crippen LogP) is 1.13. The minimum Gasteiger partial charge on any atom is -0.482 e. The summed E-state index contributed by atoms with van der Waals surface area (Å²) >= 11 is 0. The van der Waals surface area contributed by atoms with Crippen molar-refractivity contribution in [1.82, 2.24) is 4.90 Å². The highest BCUT2D eigenvalue weighted by atomic mass is 16.5. The Morgan fingerprint density at radius 2 is 1.88 bits per heavy atom. The van der Waals surface area contributed by atoms with Gasteiger partial charge < -0.3 is 14.7 Å². The van der Waals surface area contributed by atoms with E-state index in [0.717, 1.165) is 5.56 Å². The van der Waals surface area contributed by atoms with Gasteiger partial charge in [-0.2, -0.15) is 0 Å². The van der Waals surface area contributed by atoms with Gasteiger partial charge in [0.05, 0.1) is 0 Å². The van der Waals surface area contributed by atoms with Gasteiger partial charge in [0.2, 0.25) is 5.91 Å². The standard InChI is InChI=1S/C12H15NO4/c1-9(14)13(2)7-10-3-5-11(6-4-10)17-8-12(15)16/h3-6H,7-8H2,1-2H3,(H,15,16). The first kappa shape index (κ1) is 13.0. The third-order valence-electron chi connectivity index (χ3n) is 2.24. The summed E-state index contributed by atoms with van der Waals surface area (Å²) in [6.07, 6.45) is 0. The highest BCUT2D eigenvalue weighted by Crippen LogP contribution is 2.13. The van der Waals surface area contributed by atoms with E-state index in [9.17, 15) is 9.59 Å². The van der Waals surface area contributed by atoms with Gasteiger partial charge in [0.15, 0.2) is 6.61 Å². The molecule has 1 N–H and O–H groups in total. The van der Waals surface area contributed by atoms with Crippen molar-refractivity contribution < 1.29 is 19.4 Å². The zero-order valence-electron chi connectivity index (χ0n) is 9.84. The minimum absolute atomic E-state index is 0.00352. The van der Waals surface area contributed by atoms with Gasteiger partial charge in [-0.3, -0.25) is 4.79 Å². The third kappa shape index (κ3) is 4.55. The lowest BCUT2D eigenvalue weighted by Crippen LogP contribution is -2.22. The highest BCUT2D eigenvalue weighted by molar-refractivity contribution is 5.72. The van der Waals surface area contributed by atoms with E-state index >= 15 is 0 Å². The fraction of sp³-hybridized carbons (Fsp3) is 0.333. The number of hydrogen-bond acceptors (Lipinski definition) is 3. The first-order valence-corrected chi connectivity index (χ1v) is 5.14. The summed E-state index contributed by atoms with van der Waals surface area (Å²) in [5, 5.41) is 8.44. The Kier molecular flexibility index (Phi) is 4.51. The Labute approximate surface area is 99.6 Å². The molecule has 92 valence electrons. The van der Waals surface area contributed by atoms with Gasteiger partial charge in [0.25, 0.3) is 0 Å². The van der Waals surface area contributed by atoms with Crippen molar-refractivity contribution in [3.05, 3.63) is 29.8 Å². The first-order chi connectivity index (χ1) is 7.99. The first-order valence-electron chi connectivity index (χ1n) is 5.14. The molecule has 0 saturated carbocycles. The summed E-state index contributed by atoms with van der Waals surface area (Å²) < 4.78 is 4.99. The molecule has 0 radical (unpaired) electrons. The Balaban J connectivity index is 2.55. The molecule has 1 aromatic rings. The van der Waals surface area contributed by atoms with Crippen LogP contribution in [0.5, 0.6) is 5.75 Å². The number of carbonyl (C=O) groups excluding carboxylic acids is 1. The van der Waals surface area contributed by atoms with E-state index in [1.807, 2.05) is 0 Å². The number of ether oxygens (including phenoxy) is 1. The molecule has 5 nitrogen and oxygen atoms in total. The largest absolute Gasteiger partial charge is 0.482 e. The SMILES string of the molecule is CC(=O)N(C)Cc1ccc(OCC(=O)O)cc1. The minimum atomic E-state index is -1.01. The van der Waals surface area contributed by atoms with Gasteiger partial charge in [-0.25, -0.2) is 4.79 Å². The lowest BCUT2D eigenvalue weighted by molar-refractivity contribution is -0.139. The van der Waals surface area contributed by atoms with Crippen molar-refractivity contribution in [3.63, 3.8) is 0 Å². The molecule has 5 heteroatoms. The Morgan fingerprint density at radius 1 is 1.29 bits per heavy atom. The Hall–Kier alpha value is -2.04. The maximum atomic E-state index is 11.0. The van der Waals surface area contributed by atoms with E-state index in [1.54, 1.807) is 36.2 Å². The van der Waals surface area contributed by atoms with Crippen LogP contribution in [0.4, 0.5) is 0 Å². The molecule has 0 atom stereocenters. The van der Waals surface area contributed by atoms with Gasteiger partial charge in [-0.05, 0) is 17.7 Å². The van der Waals surface area contributed by atoms with Crippen molar-refractivity contribution in [2.24, 2.45) is 0 Å². The molecule has 1 amide bonds. The number of hydrogen-bond donors (Lipinski definition) is 1. The van der Waals surface area contributed by atoms with Crippen LogP contribution >= 0.6 is 0 Å². The number of carboxylic acids is 1. The Morgan fingerprint density at radius 3 is 2.35 bits per heavy atom. The molecule has 0 aliphatic carbocycles. The lowest BCUT2D eigenvalue weighted by atomic mass is 10.2. The molecule has 0 fully saturated rings. The summed E-state index contributed by atoms with van der Waals surface area (Å²) in [7, 11) is 1.72. The lowest BCUT2D eigenvalue weighted by Gasteiger charge is -2.14. The number of aliphatic carboxylic acids is 1. The van der Waals surface area contributed by atoms with Gasteiger partial charge in [-0.15, -0.1) is 0 Å². The molecule has 0 aromatic heterocycles. The summed E-state index contributed by atoms with van der Waals surface area (Å²) in [6.45, 7) is 1.67. The summed E-state index contributed by atoms with van der Waals surface area (Å²) in [4.78, 5) is 22.9. The normalized spacial score (nSPS) is 9.76. The molecule has 1 aromatic carbocycles. The van der Waals surface area contributed by atoms with Gasteiger partial charge in [0, 0.05) is 20.5 Å². The number of rotatable bonds is 5. The second-order valence-electron chi connectivity index (χ2n) is 3.70. The van der Waals surface area contributed by atoms with E-state index < -0.39 is 5.97 Å². The molecule has 0 saturated heterocycles. The van der Waals surface area contributed by atoms with Gasteiger partial charge in [-0.1, -0.05) is 12.1 Å². The second kappa shape index (κ2) is 5.89. The number of carbonyl (C=O) groups is 2. The van der Waals surface area contributed by atoms with E-state index in [-0.39, 0.29) is 12.5 Å². The van der Waals surface area contributed by atoms with Crippen LogP contribution < -0.4 is 4.74 Å². The maximum Gasteiger partial charge on any atom is 0.341 e. The molecule has 0 unspecified atom stereocenters. The van der Waals surface area contributed by atoms with Crippen LogP contribution in [0.15, 0.2) is 24.3 Å². The zero-order valence-corrected chi connectivity index (χ0v) is 9.84. The quantitative estimate of drug-likeness (QED) is 0.833.